The van der Waals surface area contributed by atoms with Gasteiger partial charge in [0.05, 0.1) is 23.7 Å². The minimum Gasteiger partial charge on any atom is -0.483 e. The predicted molar refractivity (Wildman–Crippen MR) is 96.4 cm³/mol. The van der Waals surface area contributed by atoms with Crippen molar-refractivity contribution >= 4 is 22.6 Å². The number of carbonyl (C=O) groups excluding carboxylic acids is 2. The van der Waals surface area contributed by atoms with Gasteiger partial charge in [0, 0.05) is 6.07 Å². The van der Waals surface area contributed by atoms with Gasteiger partial charge in [-0.1, -0.05) is 0 Å². The van der Waals surface area contributed by atoms with Gasteiger partial charge in [-0.2, -0.15) is 0 Å². The summed E-state index contributed by atoms with van der Waals surface area (Å²) < 4.78 is 24.3. The van der Waals surface area contributed by atoms with Crippen molar-refractivity contribution in [2.24, 2.45) is 0 Å². The molecule has 0 radical (unpaired) electrons. The van der Waals surface area contributed by atoms with Crippen molar-refractivity contribution in [3.8, 4) is 17.4 Å². The van der Waals surface area contributed by atoms with Gasteiger partial charge in [-0.15, -0.1) is 0 Å². The standard InChI is InChI=1S/C20H17FN2O4/c1-12(24)9-19(25)13(2)26-15-4-6-16(7-5-15)27-20-11-22-18-10-14(21)3-8-17(18)23-20/h3-8,10-11,13H,9H2,1-2H3. The number of nitrogens with zero attached hydrogens (tertiary/aromatic N) is 2. The molecule has 1 atom stereocenters. The largest absolute Gasteiger partial charge is 0.483 e. The van der Waals surface area contributed by atoms with Gasteiger partial charge in [-0.05, 0) is 50.2 Å². The van der Waals surface area contributed by atoms with Crippen molar-refractivity contribution in [3.05, 3.63) is 54.5 Å². The maximum Gasteiger partial charge on any atom is 0.238 e. The van der Waals surface area contributed by atoms with Crippen LogP contribution in [0.2, 0.25) is 0 Å². The normalized spacial score (nSPS) is 11.8. The van der Waals surface area contributed by atoms with Crippen LogP contribution >= 0.6 is 0 Å². The van der Waals surface area contributed by atoms with E-state index in [2.05, 4.69) is 9.97 Å². The van der Waals surface area contributed by atoms with Gasteiger partial charge in [0.2, 0.25) is 5.88 Å². The molecule has 3 rings (SSSR count). The third-order valence-electron chi connectivity index (χ3n) is 3.72. The number of benzene rings is 2. The van der Waals surface area contributed by atoms with E-state index >= 15 is 0 Å². The summed E-state index contributed by atoms with van der Waals surface area (Å²) in [6, 6.07) is 10.8. The number of fused-ring (bicyclic) bond motifs is 1. The molecule has 0 amide bonds. The second kappa shape index (κ2) is 7.90. The van der Waals surface area contributed by atoms with Gasteiger partial charge >= 0.3 is 0 Å². The van der Waals surface area contributed by atoms with Crippen LogP contribution in [0.1, 0.15) is 20.3 Å². The molecular weight excluding hydrogens is 351 g/mol. The molecule has 0 aliphatic heterocycles. The lowest BCUT2D eigenvalue weighted by Crippen LogP contribution is -2.25. The first-order valence-electron chi connectivity index (χ1n) is 8.30. The van der Waals surface area contributed by atoms with Crippen molar-refractivity contribution < 1.29 is 23.5 Å². The number of rotatable bonds is 7. The summed E-state index contributed by atoms with van der Waals surface area (Å²) in [5, 5.41) is 0. The van der Waals surface area contributed by atoms with Crippen molar-refractivity contribution in [1.29, 1.82) is 0 Å². The summed E-state index contributed by atoms with van der Waals surface area (Å²) in [6.45, 7) is 2.96. The Balaban J connectivity index is 1.66. The fraction of sp³-hybridized carbons (Fsp3) is 0.200. The second-order valence-electron chi connectivity index (χ2n) is 6.02. The first-order chi connectivity index (χ1) is 12.9. The SMILES string of the molecule is CC(=O)CC(=O)C(C)Oc1ccc(Oc2cnc3cc(F)ccc3n2)cc1. The molecule has 0 N–H and O–H groups in total. The molecule has 27 heavy (non-hydrogen) atoms. The molecule has 0 saturated carbocycles. The first kappa shape index (κ1) is 18.4. The average Bonchev–Trinajstić information content (AvgIpc) is 2.63. The number of halogens is 1. The molecule has 6 nitrogen and oxygen atoms in total. The highest BCUT2D eigenvalue weighted by molar-refractivity contribution is 6.00. The van der Waals surface area contributed by atoms with Gasteiger partial charge in [-0.3, -0.25) is 9.59 Å². The Morgan fingerprint density at radius 2 is 1.78 bits per heavy atom. The Hall–Kier alpha value is -3.35. The van der Waals surface area contributed by atoms with Crippen molar-refractivity contribution in [2.75, 3.05) is 0 Å². The monoisotopic (exact) mass is 368 g/mol. The smallest absolute Gasteiger partial charge is 0.238 e. The van der Waals surface area contributed by atoms with E-state index in [9.17, 15) is 14.0 Å². The van der Waals surface area contributed by atoms with E-state index in [-0.39, 0.29) is 29.7 Å². The van der Waals surface area contributed by atoms with Crippen LogP contribution in [0.3, 0.4) is 0 Å². The number of hydrogen-bond donors (Lipinski definition) is 0. The highest BCUT2D eigenvalue weighted by atomic mass is 19.1. The van der Waals surface area contributed by atoms with Gasteiger partial charge in [0.25, 0.3) is 0 Å². The Labute approximate surface area is 155 Å². The minimum absolute atomic E-state index is 0.146. The van der Waals surface area contributed by atoms with Crippen molar-refractivity contribution in [2.45, 2.75) is 26.4 Å². The zero-order chi connectivity index (χ0) is 19.4. The third kappa shape index (κ3) is 4.84. The molecule has 1 aromatic heterocycles. The maximum atomic E-state index is 13.2. The fourth-order valence-electron chi connectivity index (χ4n) is 2.38. The number of ketones is 2. The molecule has 0 spiro atoms. The maximum absolute atomic E-state index is 13.2. The Morgan fingerprint density at radius 3 is 2.48 bits per heavy atom. The highest BCUT2D eigenvalue weighted by Gasteiger charge is 2.16. The molecule has 0 aliphatic carbocycles. The van der Waals surface area contributed by atoms with Gasteiger partial charge in [0.1, 0.15) is 23.1 Å². The predicted octanol–water partition coefficient (Wildman–Crippen LogP) is 3.88. The zero-order valence-electron chi connectivity index (χ0n) is 14.8. The van der Waals surface area contributed by atoms with Crippen molar-refractivity contribution in [1.82, 2.24) is 9.97 Å². The van der Waals surface area contributed by atoms with Crippen LogP contribution in [0, 0.1) is 5.82 Å². The van der Waals surface area contributed by atoms with Crippen LogP contribution in [0.4, 0.5) is 4.39 Å². The molecule has 138 valence electrons. The number of Topliss-reactive ketones (excluding diaryl/α,β-unsaturated/α-hetero) is 2. The van der Waals surface area contributed by atoms with E-state index in [4.69, 9.17) is 9.47 Å². The molecule has 0 fully saturated rings. The van der Waals surface area contributed by atoms with Crippen LogP contribution in [0.15, 0.2) is 48.7 Å². The first-order valence-corrected chi connectivity index (χ1v) is 8.30. The van der Waals surface area contributed by atoms with Gasteiger partial charge < -0.3 is 9.47 Å². The van der Waals surface area contributed by atoms with E-state index in [1.807, 2.05) is 0 Å². The molecule has 3 aromatic rings. The summed E-state index contributed by atoms with van der Waals surface area (Å²) in [4.78, 5) is 31.2. The Bertz CT molecular complexity index is 989. The summed E-state index contributed by atoms with van der Waals surface area (Å²) in [5.74, 6) is 0.404. The molecule has 0 saturated heterocycles. The Morgan fingerprint density at radius 1 is 1.07 bits per heavy atom. The van der Waals surface area contributed by atoms with Gasteiger partial charge in [0.15, 0.2) is 11.9 Å². The lowest BCUT2D eigenvalue weighted by molar-refractivity contribution is -0.130. The lowest BCUT2D eigenvalue weighted by atomic mass is 10.1. The van der Waals surface area contributed by atoms with E-state index < -0.39 is 6.10 Å². The molecule has 7 heteroatoms. The van der Waals surface area contributed by atoms with Crippen LogP contribution in [0.5, 0.6) is 17.4 Å². The topological polar surface area (TPSA) is 78.4 Å². The quantitative estimate of drug-likeness (QED) is 0.589. The summed E-state index contributed by atoms with van der Waals surface area (Å²) >= 11 is 0. The fourth-order valence-corrected chi connectivity index (χ4v) is 2.38. The van der Waals surface area contributed by atoms with Crippen molar-refractivity contribution in [3.63, 3.8) is 0 Å². The molecular formula is C20H17FN2O4. The van der Waals surface area contributed by atoms with Crippen LogP contribution in [0.25, 0.3) is 11.0 Å². The van der Waals surface area contributed by atoms with Crippen LogP contribution in [-0.2, 0) is 9.59 Å². The molecule has 1 unspecified atom stereocenters. The van der Waals surface area contributed by atoms with Crippen LogP contribution < -0.4 is 9.47 Å². The zero-order valence-corrected chi connectivity index (χ0v) is 14.8. The van der Waals surface area contributed by atoms with E-state index in [1.54, 1.807) is 31.2 Å². The Kier molecular flexibility index (Phi) is 5.40. The molecule has 2 aromatic carbocycles. The molecule has 1 heterocycles. The summed E-state index contributed by atoms with van der Waals surface area (Å²) in [7, 11) is 0. The lowest BCUT2D eigenvalue weighted by Gasteiger charge is -2.13. The second-order valence-corrected chi connectivity index (χ2v) is 6.02. The number of hydrogen-bond acceptors (Lipinski definition) is 6. The number of aromatic nitrogens is 2. The average molecular weight is 368 g/mol. The highest BCUT2D eigenvalue weighted by Crippen LogP contribution is 2.24. The van der Waals surface area contributed by atoms with Gasteiger partial charge in [-0.25, -0.2) is 14.4 Å². The van der Waals surface area contributed by atoms with E-state index in [0.717, 1.165) is 0 Å². The number of ether oxygens (including phenoxy) is 2. The summed E-state index contributed by atoms with van der Waals surface area (Å²) in [5.41, 5.74) is 0.960. The van der Waals surface area contributed by atoms with E-state index in [1.165, 1.54) is 31.3 Å². The van der Waals surface area contributed by atoms with E-state index in [0.29, 0.717) is 22.5 Å². The minimum atomic E-state index is -0.715. The summed E-state index contributed by atoms with van der Waals surface area (Å²) in [6.07, 6.45) is 0.550. The third-order valence-corrected chi connectivity index (χ3v) is 3.72. The molecule has 0 aliphatic rings. The van der Waals surface area contributed by atoms with Crippen LogP contribution in [-0.4, -0.2) is 27.6 Å². The number of carbonyl (C=O) groups is 2. The molecule has 0 bridgehead atoms.